The summed E-state index contributed by atoms with van der Waals surface area (Å²) >= 11 is 3.31. The third-order valence-electron chi connectivity index (χ3n) is 9.19. The Morgan fingerprint density at radius 3 is 2.79 bits per heavy atom. The number of nitriles is 1. The number of thioether (sulfide) groups is 1. The molecule has 0 aromatic carbocycles. The molecule has 3 atom stereocenters. The van der Waals surface area contributed by atoms with Crippen molar-refractivity contribution in [1.82, 2.24) is 14.9 Å². The SMILES string of the molecule is COC(=O)[C@H]1CN(c2nc(OC[C@@]34CCCN3CC(F)C4)nc(N3CC4(C3)SCc3sc(N)c(C#N)c34)c2N)CCO1. The lowest BCUT2D eigenvalue weighted by Gasteiger charge is -2.49. The zero-order valence-electron chi connectivity index (χ0n) is 23.3. The third kappa shape index (κ3) is 4.33. The Kier molecular flexibility index (Phi) is 6.80. The van der Waals surface area contributed by atoms with Gasteiger partial charge in [0.05, 0.1) is 36.1 Å². The van der Waals surface area contributed by atoms with Gasteiger partial charge in [-0.3, -0.25) is 4.90 Å². The summed E-state index contributed by atoms with van der Waals surface area (Å²) in [5, 5.41) is 10.4. The van der Waals surface area contributed by atoms with Gasteiger partial charge in [0, 0.05) is 48.8 Å². The number of nitrogen functional groups attached to an aromatic ring is 2. The van der Waals surface area contributed by atoms with Crippen LogP contribution in [0.5, 0.6) is 6.01 Å². The first kappa shape index (κ1) is 27.8. The largest absolute Gasteiger partial charge is 0.467 e. The molecule has 5 aliphatic heterocycles. The number of halogens is 1. The van der Waals surface area contributed by atoms with E-state index in [0.29, 0.717) is 67.1 Å². The second kappa shape index (κ2) is 10.3. The van der Waals surface area contributed by atoms with E-state index in [9.17, 15) is 14.4 Å². The summed E-state index contributed by atoms with van der Waals surface area (Å²) in [5.74, 6) is 1.35. The van der Waals surface area contributed by atoms with Gasteiger partial charge >= 0.3 is 12.0 Å². The van der Waals surface area contributed by atoms with E-state index in [4.69, 9.17) is 35.6 Å². The number of carbonyl (C=O) groups is 1. The number of nitrogens with two attached hydrogens (primary N) is 2. The van der Waals surface area contributed by atoms with Gasteiger partial charge in [0.1, 0.15) is 29.5 Å². The van der Waals surface area contributed by atoms with Crippen molar-refractivity contribution < 1.29 is 23.4 Å². The minimum atomic E-state index is -0.869. The predicted octanol–water partition coefficient (Wildman–Crippen LogP) is 1.87. The average molecular weight is 617 g/mol. The Hall–Kier alpha value is -3.06. The number of morpholine rings is 1. The average Bonchev–Trinajstić information content (AvgIpc) is 3.69. The summed E-state index contributed by atoms with van der Waals surface area (Å²) < 4.78 is 31.0. The van der Waals surface area contributed by atoms with Gasteiger partial charge in [-0.05, 0) is 19.4 Å². The molecule has 5 aliphatic rings. The number of ether oxygens (including phenoxy) is 3. The fourth-order valence-electron chi connectivity index (χ4n) is 7.17. The first-order valence-corrected chi connectivity index (χ1v) is 15.9. The third-order valence-corrected chi connectivity index (χ3v) is 11.8. The van der Waals surface area contributed by atoms with Crippen LogP contribution in [0, 0.1) is 11.3 Å². The number of fused-ring (bicyclic) bond motifs is 3. The van der Waals surface area contributed by atoms with Crippen LogP contribution in [-0.4, -0.2) is 98.2 Å². The fourth-order valence-corrected chi connectivity index (χ4v) is 9.98. The molecule has 224 valence electrons. The zero-order chi connectivity index (χ0) is 29.2. The van der Waals surface area contributed by atoms with Crippen LogP contribution in [0.4, 0.5) is 26.7 Å². The zero-order valence-corrected chi connectivity index (χ0v) is 24.9. The molecule has 42 heavy (non-hydrogen) atoms. The Morgan fingerprint density at radius 2 is 2.02 bits per heavy atom. The lowest BCUT2D eigenvalue weighted by atomic mass is 9.88. The number of alkyl halides is 1. The molecule has 0 amide bonds. The first-order chi connectivity index (χ1) is 20.3. The van der Waals surface area contributed by atoms with Crippen molar-refractivity contribution in [3.63, 3.8) is 0 Å². The van der Waals surface area contributed by atoms with Crippen molar-refractivity contribution >= 4 is 51.4 Å². The summed E-state index contributed by atoms with van der Waals surface area (Å²) in [6, 6.07) is 2.47. The van der Waals surface area contributed by atoms with E-state index in [1.165, 1.54) is 18.4 Å². The van der Waals surface area contributed by atoms with Crippen molar-refractivity contribution in [2.75, 3.05) is 80.9 Å². The standard InChI is InChI=1S/C27H33FN8O4S2/c1-38-24(37)17-10-34(5-6-39-17)22-20(30)23(33-25(32-22)40-14-26-3-2-4-36(26)9-15(28)7-26)35-12-27(13-35)19-16(8-29)21(31)42-18(19)11-41-27/h15,17H,2-7,9-14,30-31H2,1H3/t15?,17-,26+/m1/s1. The van der Waals surface area contributed by atoms with E-state index in [-0.39, 0.29) is 29.4 Å². The molecule has 0 aliphatic carbocycles. The van der Waals surface area contributed by atoms with Gasteiger partial charge in [-0.2, -0.15) is 15.2 Å². The number of methoxy groups -OCH3 is 1. The van der Waals surface area contributed by atoms with E-state index >= 15 is 0 Å². The molecule has 4 fully saturated rings. The summed E-state index contributed by atoms with van der Waals surface area (Å²) in [6.07, 6.45) is 0.666. The number of hydrogen-bond acceptors (Lipinski definition) is 14. The van der Waals surface area contributed by atoms with E-state index in [0.717, 1.165) is 35.6 Å². The molecule has 7 rings (SSSR count). The predicted molar refractivity (Wildman–Crippen MR) is 158 cm³/mol. The highest BCUT2D eigenvalue weighted by molar-refractivity contribution is 8.00. The number of rotatable bonds is 6. The Labute approximate surface area is 251 Å². The van der Waals surface area contributed by atoms with Crippen LogP contribution in [0.2, 0.25) is 0 Å². The molecule has 0 radical (unpaired) electrons. The lowest BCUT2D eigenvalue weighted by molar-refractivity contribution is -0.154. The van der Waals surface area contributed by atoms with Crippen molar-refractivity contribution in [2.24, 2.45) is 0 Å². The fraction of sp³-hybridized carbons (Fsp3) is 0.630. The van der Waals surface area contributed by atoms with Crippen LogP contribution < -0.4 is 26.0 Å². The monoisotopic (exact) mass is 616 g/mol. The Morgan fingerprint density at radius 1 is 1.24 bits per heavy atom. The topological polar surface area (TPSA) is 156 Å². The van der Waals surface area contributed by atoms with Crippen LogP contribution in [0.25, 0.3) is 0 Å². The molecule has 4 N–H and O–H groups in total. The van der Waals surface area contributed by atoms with Crippen molar-refractivity contribution in [2.45, 2.75) is 47.6 Å². The normalized spacial score (nSPS) is 27.9. The quantitative estimate of drug-likeness (QED) is 0.454. The maximum atomic E-state index is 14.4. The smallest absolute Gasteiger partial charge is 0.336 e. The summed E-state index contributed by atoms with van der Waals surface area (Å²) in [6.45, 7) is 3.77. The van der Waals surface area contributed by atoms with E-state index in [2.05, 4.69) is 15.9 Å². The maximum Gasteiger partial charge on any atom is 0.336 e. The number of nitrogens with zero attached hydrogens (tertiary/aromatic N) is 6. The first-order valence-electron chi connectivity index (χ1n) is 14.1. The number of anilines is 4. The summed E-state index contributed by atoms with van der Waals surface area (Å²) in [7, 11) is 1.33. The summed E-state index contributed by atoms with van der Waals surface area (Å²) in [5.41, 5.74) is 14.6. The van der Waals surface area contributed by atoms with Crippen LogP contribution in [0.15, 0.2) is 0 Å². The number of thiophene rings is 1. The minimum absolute atomic E-state index is 0.164. The van der Waals surface area contributed by atoms with Gasteiger partial charge < -0.3 is 35.5 Å². The molecule has 15 heteroatoms. The number of carbonyl (C=O) groups excluding carboxylic acids is 1. The van der Waals surface area contributed by atoms with Crippen LogP contribution in [-0.2, 0) is 24.8 Å². The highest BCUT2D eigenvalue weighted by atomic mass is 32.2. The van der Waals surface area contributed by atoms with Gasteiger partial charge in [0.2, 0.25) is 0 Å². The molecule has 0 bridgehead atoms. The molecule has 1 spiro atoms. The summed E-state index contributed by atoms with van der Waals surface area (Å²) in [4.78, 5) is 29.1. The molecule has 0 saturated carbocycles. The Balaban J connectivity index is 1.19. The van der Waals surface area contributed by atoms with Gasteiger partial charge in [-0.1, -0.05) is 0 Å². The molecule has 4 saturated heterocycles. The highest BCUT2D eigenvalue weighted by Gasteiger charge is 2.53. The molecule has 2 aromatic rings. The van der Waals surface area contributed by atoms with Gasteiger partial charge in [-0.15, -0.1) is 23.1 Å². The van der Waals surface area contributed by atoms with Crippen molar-refractivity contribution in [1.29, 1.82) is 5.26 Å². The lowest BCUT2D eigenvalue weighted by Crippen LogP contribution is -2.57. The van der Waals surface area contributed by atoms with E-state index in [1.807, 2.05) is 16.7 Å². The van der Waals surface area contributed by atoms with Crippen LogP contribution in [0.1, 0.15) is 35.3 Å². The second-order valence-corrected chi connectivity index (χ2v) is 14.1. The van der Waals surface area contributed by atoms with Crippen LogP contribution in [0.3, 0.4) is 0 Å². The molecule has 2 aromatic heterocycles. The van der Waals surface area contributed by atoms with Gasteiger partial charge in [0.25, 0.3) is 0 Å². The van der Waals surface area contributed by atoms with E-state index < -0.39 is 18.2 Å². The number of hydrogen-bond donors (Lipinski definition) is 2. The highest BCUT2D eigenvalue weighted by Crippen LogP contribution is 2.58. The number of esters is 1. The molecule has 12 nitrogen and oxygen atoms in total. The molecule has 7 heterocycles. The second-order valence-electron chi connectivity index (χ2n) is 11.6. The van der Waals surface area contributed by atoms with Gasteiger partial charge in [0.15, 0.2) is 17.7 Å². The molecular weight excluding hydrogens is 583 g/mol. The van der Waals surface area contributed by atoms with Gasteiger partial charge in [-0.25, -0.2) is 9.18 Å². The van der Waals surface area contributed by atoms with Crippen molar-refractivity contribution in [3.05, 3.63) is 16.0 Å². The Bertz CT molecular complexity index is 1460. The number of aromatic nitrogens is 2. The molecular formula is C27H33FN8O4S2. The van der Waals surface area contributed by atoms with E-state index in [1.54, 1.807) is 0 Å². The van der Waals surface area contributed by atoms with Crippen molar-refractivity contribution in [3.8, 4) is 12.1 Å². The minimum Gasteiger partial charge on any atom is -0.467 e. The van der Waals surface area contributed by atoms with Crippen LogP contribution >= 0.6 is 23.1 Å². The molecule has 1 unspecified atom stereocenters. The maximum absolute atomic E-state index is 14.4.